The maximum atomic E-state index is 12.0. The lowest BCUT2D eigenvalue weighted by molar-refractivity contribution is -0.141. The molecule has 1 rings (SSSR count). The fourth-order valence-corrected chi connectivity index (χ4v) is 3.66. The van der Waals surface area contributed by atoms with Crippen molar-refractivity contribution in [1.29, 1.82) is 0 Å². The van der Waals surface area contributed by atoms with Crippen molar-refractivity contribution in [2.75, 3.05) is 6.26 Å². The van der Waals surface area contributed by atoms with Crippen molar-refractivity contribution >= 4 is 9.84 Å². The van der Waals surface area contributed by atoms with Crippen LogP contribution in [0.4, 0.5) is 13.2 Å². The van der Waals surface area contributed by atoms with Gasteiger partial charge in [0.15, 0.2) is 0 Å². The van der Waals surface area contributed by atoms with Crippen molar-refractivity contribution in [3.8, 4) is 0 Å². The topological polar surface area (TPSA) is 54.4 Å². The van der Waals surface area contributed by atoms with Crippen molar-refractivity contribution in [3.05, 3.63) is 0 Å². The summed E-state index contributed by atoms with van der Waals surface area (Å²) in [5.41, 5.74) is 0. The van der Waals surface area contributed by atoms with E-state index < -0.39 is 33.8 Å². The number of rotatable bonds is 4. The van der Waals surface area contributed by atoms with Crippen LogP contribution in [-0.4, -0.2) is 37.3 Å². The maximum absolute atomic E-state index is 12.0. The molecular formula is C11H19F3O3S. The zero-order valence-corrected chi connectivity index (χ0v) is 11.1. The van der Waals surface area contributed by atoms with E-state index >= 15 is 0 Å². The van der Waals surface area contributed by atoms with Gasteiger partial charge in [0.25, 0.3) is 0 Å². The van der Waals surface area contributed by atoms with Gasteiger partial charge in [-0.3, -0.25) is 0 Å². The van der Waals surface area contributed by atoms with E-state index in [0.717, 1.165) is 6.26 Å². The van der Waals surface area contributed by atoms with E-state index in [1.54, 1.807) is 0 Å². The Hall–Kier alpha value is -0.300. The van der Waals surface area contributed by atoms with E-state index in [-0.39, 0.29) is 18.8 Å². The van der Waals surface area contributed by atoms with E-state index in [2.05, 4.69) is 0 Å². The van der Waals surface area contributed by atoms with Gasteiger partial charge in [0.1, 0.15) is 9.84 Å². The molecule has 0 heterocycles. The first-order valence-corrected chi connectivity index (χ1v) is 7.99. The summed E-state index contributed by atoms with van der Waals surface area (Å²) in [6, 6.07) is 0. The lowest BCUT2D eigenvalue weighted by Crippen LogP contribution is -2.33. The van der Waals surface area contributed by atoms with Gasteiger partial charge in [-0.05, 0) is 31.6 Å². The second kappa shape index (κ2) is 5.77. The minimum absolute atomic E-state index is 0.276. The predicted octanol–water partition coefficient (Wildman–Crippen LogP) is 2.29. The van der Waals surface area contributed by atoms with Crippen molar-refractivity contribution in [3.63, 3.8) is 0 Å². The second-order valence-corrected chi connectivity index (χ2v) is 7.43. The average Bonchev–Trinajstić information content (AvgIpc) is 2.24. The van der Waals surface area contributed by atoms with E-state index in [0.29, 0.717) is 19.3 Å². The molecule has 3 unspecified atom stereocenters. The highest BCUT2D eigenvalue weighted by molar-refractivity contribution is 7.91. The molecule has 1 aliphatic rings. The fourth-order valence-electron chi connectivity index (χ4n) is 2.47. The summed E-state index contributed by atoms with van der Waals surface area (Å²) in [5.74, 6) is -0.333. The van der Waals surface area contributed by atoms with Crippen LogP contribution in [0.3, 0.4) is 0 Å². The second-order valence-electron chi connectivity index (χ2n) is 5.10. The molecular weight excluding hydrogens is 269 g/mol. The van der Waals surface area contributed by atoms with Gasteiger partial charge in [-0.2, -0.15) is 13.2 Å². The number of hydrogen-bond donors (Lipinski definition) is 1. The number of aliphatic hydroxyl groups is 1. The summed E-state index contributed by atoms with van der Waals surface area (Å²) in [5, 5.41) is 9.21. The van der Waals surface area contributed by atoms with Crippen molar-refractivity contribution in [1.82, 2.24) is 0 Å². The number of sulfone groups is 1. The molecule has 1 fully saturated rings. The number of alkyl halides is 3. The summed E-state index contributed by atoms with van der Waals surface area (Å²) in [4.78, 5) is 0. The summed E-state index contributed by atoms with van der Waals surface area (Å²) in [6.45, 7) is 0. The molecule has 3 nitrogen and oxygen atoms in total. The lowest BCUT2D eigenvalue weighted by Gasteiger charge is -2.31. The minimum Gasteiger partial charge on any atom is -0.393 e. The maximum Gasteiger partial charge on any atom is 0.389 e. The molecule has 0 aromatic rings. The van der Waals surface area contributed by atoms with Crippen LogP contribution in [0.1, 0.15) is 38.5 Å². The van der Waals surface area contributed by atoms with E-state index in [9.17, 15) is 26.7 Å². The van der Waals surface area contributed by atoms with Gasteiger partial charge < -0.3 is 5.11 Å². The van der Waals surface area contributed by atoms with Crippen LogP contribution in [0.2, 0.25) is 0 Å². The molecule has 0 spiro atoms. The van der Waals surface area contributed by atoms with E-state index in [1.165, 1.54) is 0 Å². The van der Waals surface area contributed by atoms with Crippen LogP contribution in [0.15, 0.2) is 0 Å². The van der Waals surface area contributed by atoms with Gasteiger partial charge in [-0.1, -0.05) is 6.42 Å². The van der Waals surface area contributed by atoms with Gasteiger partial charge in [-0.25, -0.2) is 8.42 Å². The summed E-state index contributed by atoms with van der Waals surface area (Å²) < 4.78 is 58.9. The molecule has 18 heavy (non-hydrogen) atoms. The molecule has 0 saturated heterocycles. The molecule has 0 aromatic heterocycles. The largest absolute Gasteiger partial charge is 0.393 e. The average molecular weight is 288 g/mol. The Bertz CT molecular complexity index is 364. The zero-order chi connectivity index (χ0) is 14.0. The van der Waals surface area contributed by atoms with Crippen LogP contribution >= 0.6 is 0 Å². The quantitative estimate of drug-likeness (QED) is 0.863. The Morgan fingerprint density at radius 1 is 1.33 bits per heavy atom. The normalized spacial score (nSPS) is 28.1. The van der Waals surface area contributed by atoms with Crippen molar-refractivity contribution in [2.24, 2.45) is 5.92 Å². The van der Waals surface area contributed by atoms with Crippen LogP contribution in [0.25, 0.3) is 0 Å². The Balaban J connectivity index is 2.51. The number of hydrogen-bond acceptors (Lipinski definition) is 3. The molecule has 3 atom stereocenters. The molecule has 108 valence electrons. The number of halogens is 3. The third-order valence-electron chi connectivity index (χ3n) is 3.54. The zero-order valence-electron chi connectivity index (χ0n) is 10.3. The van der Waals surface area contributed by atoms with Crippen LogP contribution < -0.4 is 0 Å². The highest BCUT2D eigenvalue weighted by Crippen LogP contribution is 2.33. The third kappa shape index (κ3) is 5.14. The predicted molar refractivity (Wildman–Crippen MR) is 61.9 cm³/mol. The standard InChI is InChI=1S/C11H19F3O3S/c1-18(16,17)9-4-2-3-8(7-9)10(15)5-6-11(12,13)14/h8-10,15H,2-7H2,1H3. The van der Waals surface area contributed by atoms with Crippen LogP contribution in [0, 0.1) is 5.92 Å². The first kappa shape index (κ1) is 15.8. The van der Waals surface area contributed by atoms with Gasteiger partial charge in [-0.15, -0.1) is 0 Å². The minimum atomic E-state index is -4.27. The molecule has 0 aromatic carbocycles. The Morgan fingerprint density at radius 3 is 2.44 bits per heavy atom. The SMILES string of the molecule is CS(=O)(=O)C1CCCC(C(O)CCC(F)(F)F)C1. The molecule has 0 radical (unpaired) electrons. The lowest BCUT2D eigenvalue weighted by atomic mass is 9.83. The smallest absolute Gasteiger partial charge is 0.389 e. The molecule has 1 aliphatic carbocycles. The van der Waals surface area contributed by atoms with E-state index in [1.807, 2.05) is 0 Å². The van der Waals surface area contributed by atoms with Gasteiger partial charge >= 0.3 is 6.18 Å². The molecule has 0 amide bonds. The summed E-state index contributed by atoms with van der Waals surface area (Å²) >= 11 is 0. The summed E-state index contributed by atoms with van der Waals surface area (Å²) in [6.07, 6.45) is -3.49. The Labute approximate surface area is 105 Å². The van der Waals surface area contributed by atoms with Gasteiger partial charge in [0, 0.05) is 12.7 Å². The third-order valence-corrected chi connectivity index (χ3v) is 5.18. The highest BCUT2D eigenvalue weighted by atomic mass is 32.2. The Morgan fingerprint density at radius 2 is 1.94 bits per heavy atom. The molecule has 0 bridgehead atoms. The van der Waals surface area contributed by atoms with Crippen LogP contribution in [0.5, 0.6) is 0 Å². The molecule has 1 N–H and O–H groups in total. The molecule has 7 heteroatoms. The highest BCUT2D eigenvalue weighted by Gasteiger charge is 2.34. The molecule has 1 saturated carbocycles. The fraction of sp³-hybridized carbons (Fsp3) is 1.00. The first-order valence-electron chi connectivity index (χ1n) is 6.03. The van der Waals surface area contributed by atoms with E-state index in [4.69, 9.17) is 0 Å². The van der Waals surface area contributed by atoms with Gasteiger partial charge in [0.05, 0.1) is 11.4 Å². The van der Waals surface area contributed by atoms with Gasteiger partial charge in [0.2, 0.25) is 0 Å². The first-order chi connectivity index (χ1) is 8.09. The van der Waals surface area contributed by atoms with Crippen LogP contribution in [-0.2, 0) is 9.84 Å². The Kier molecular flexibility index (Phi) is 5.05. The van der Waals surface area contributed by atoms with Crippen molar-refractivity contribution < 1.29 is 26.7 Å². The van der Waals surface area contributed by atoms with Crippen molar-refractivity contribution in [2.45, 2.75) is 56.1 Å². The molecule has 0 aliphatic heterocycles. The summed E-state index contributed by atoms with van der Waals surface area (Å²) in [7, 11) is -3.17. The number of aliphatic hydroxyl groups excluding tert-OH is 1. The monoisotopic (exact) mass is 288 g/mol.